The molecule has 2 amide bonds. The van der Waals surface area contributed by atoms with E-state index in [1.165, 1.54) is 9.80 Å². The number of rotatable bonds is 3. The minimum Gasteiger partial charge on any atom is -0.443 e. The Kier molecular flexibility index (Phi) is 3.87. The molecule has 2 N–H and O–H groups in total. The average Bonchev–Trinajstić information content (AvgIpc) is 3.23. The number of carbonyl (C=O) groups is 2. The van der Waals surface area contributed by atoms with E-state index in [4.69, 9.17) is 15.2 Å². The predicted octanol–water partition coefficient (Wildman–Crippen LogP) is 0.888. The Hall–Kier alpha value is -2.62. The summed E-state index contributed by atoms with van der Waals surface area (Å²) in [7, 11) is 1.60. The first-order chi connectivity index (χ1) is 12.4. The standard InChI is InChI=1S/C16H18F2N4O4/c1-20-12-6-21(7-13(12)26-15(20)23)14-10(17)2-8(3-11(14)18)22-5-9(4-19)25-16(22)24/h2-3,9,12-13H,4-7,19H2,1H3. The Balaban J connectivity index is 1.58. The molecule has 10 heteroatoms. The molecule has 4 rings (SSSR count). The highest BCUT2D eigenvalue weighted by atomic mass is 19.1. The molecule has 3 aliphatic heterocycles. The van der Waals surface area contributed by atoms with Crippen molar-refractivity contribution in [3.05, 3.63) is 23.8 Å². The molecule has 0 bridgehead atoms. The van der Waals surface area contributed by atoms with Crippen LogP contribution in [0.25, 0.3) is 0 Å². The number of likely N-dealkylation sites (N-methyl/N-ethyl adjacent to an activating group) is 1. The summed E-state index contributed by atoms with van der Waals surface area (Å²) in [4.78, 5) is 27.5. The van der Waals surface area contributed by atoms with E-state index in [0.717, 1.165) is 17.0 Å². The smallest absolute Gasteiger partial charge is 0.414 e. The van der Waals surface area contributed by atoms with Gasteiger partial charge in [-0.3, -0.25) is 4.90 Å². The summed E-state index contributed by atoms with van der Waals surface area (Å²) < 4.78 is 39.5. The molecule has 0 saturated carbocycles. The van der Waals surface area contributed by atoms with Crippen LogP contribution in [0.1, 0.15) is 0 Å². The Morgan fingerprint density at radius 1 is 1.12 bits per heavy atom. The number of hydrogen-bond donors (Lipinski definition) is 1. The lowest BCUT2D eigenvalue weighted by molar-refractivity contribution is 0.138. The molecule has 0 spiro atoms. The van der Waals surface area contributed by atoms with Crippen LogP contribution >= 0.6 is 0 Å². The predicted molar refractivity (Wildman–Crippen MR) is 87.1 cm³/mol. The van der Waals surface area contributed by atoms with Crippen molar-refractivity contribution in [3.8, 4) is 0 Å². The van der Waals surface area contributed by atoms with Crippen LogP contribution in [-0.4, -0.2) is 68.6 Å². The number of anilines is 2. The lowest BCUT2D eigenvalue weighted by Crippen LogP contribution is -2.35. The minimum absolute atomic E-state index is 0.0765. The molecule has 0 aromatic heterocycles. The van der Waals surface area contributed by atoms with Gasteiger partial charge >= 0.3 is 12.2 Å². The van der Waals surface area contributed by atoms with Crippen LogP contribution in [0, 0.1) is 11.6 Å². The highest BCUT2D eigenvalue weighted by Crippen LogP contribution is 2.35. The van der Waals surface area contributed by atoms with Crippen molar-refractivity contribution in [2.24, 2.45) is 5.73 Å². The van der Waals surface area contributed by atoms with Gasteiger partial charge in [-0.15, -0.1) is 0 Å². The summed E-state index contributed by atoms with van der Waals surface area (Å²) >= 11 is 0. The number of hydrogen-bond acceptors (Lipinski definition) is 6. The molecule has 3 aliphatic rings. The number of nitrogens with two attached hydrogens (primary N) is 1. The second-order valence-electron chi connectivity index (χ2n) is 6.62. The van der Waals surface area contributed by atoms with Gasteiger partial charge in [0.2, 0.25) is 0 Å². The van der Waals surface area contributed by atoms with Crippen LogP contribution in [0.15, 0.2) is 12.1 Å². The number of nitrogens with zero attached hydrogens (tertiary/aromatic N) is 3. The molecule has 1 aromatic carbocycles. The molecular formula is C16H18F2N4O4. The average molecular weight is 368 g/mol. The van der Waals surface area contributed by atoms with Gasteiger partial charge in [0.1, 0.15) is 17.9 Å². The summed E-state index contributed by atoms with van der Waals surface area (Å²) in [5, 5.41) is 0. The molecule has 3 saturated heterocycles. The van der Waals surface area contributed by atoms with Crippen LogP contribution < -0.4 is 15.5 Å². The van der Waals surface area contributed by atoms with Crippen LogP contribution in [0.3, 0.4) is 0 Å². The van der Waals surface area contributed by atoms with Crippen molar-refractivity contribution >= 4 is 23.6 Å². The summed E-state index contributed by atoms with van der Waals surface area (Å²) in [6.07, 6.45) is -2.05. The van der Waals surface area contributed by atoms with Crippen LogP contribution in [0.5, 0.6) is 0 Å². The van der Waals surface area contributed by atoms with Crippen LogP contribution in [-0.2, 0) is 9.47 Å². The molecule has 1 aromatic rings. The molecular weight excluding hydrogens is 350 g/mol. The second kappa shape index (κ2) is 5.97. The van der Waals surface area contributed by atoms with E-state index in [-0.39, 0.29) is 43.6 Å². The van der Waals surface area contributed by atoms with Gasteiger partial charge in [0, 0.05) is 32.3 Å². The monoisotopic (exact) mass is 368 g/mol. The van der Waals surface area contributed by atoms with Gasteiger partial charge in [-0.1, -0.05) is 0 Å². The molecule has 0 radical (unpaired) electrons. The van der Waals surface area contributed by atoms with E-state index >= 15 is 0 Å². The van der Waals surface area contributed by atoms with E-state index in [1.54, 1.807) is 7.05 Å². The number of cyclic esters (lactones) is 1. The summed E-state index contributed by atoms with van der Waals surface area (Å²) in [5.41, 5.74) is 5.35. The van der Waals surface area contributed by atoms with Gasteiger partial charge in [-0.25, -0.2) is 18.4 Å². The Morgan fingerprint density at radius 2 is 1.81 bits per heavy atom. The summed E-state index contributed by atoms with van der Waals surface area (Å²) in [6, 6.07) is 1.95. The molecule has 3 unspecified atom stereocenters. The number of fused-ring (bicyclic) bond motifs is 1. The van der Waals surface area contributed by atoms with Crippen molar-refractivity contribution in [3.63, 3.8) is 0 Å². The van der Waals surface area contributed by atoms with Gasteiger partial charge in [0.05, 0.1) is 24.8 Å². The highest BCUT2D eigenvalue weighted by molar-refractivity contribution is 5.90. The molecule has 140 valence electrons. The van der Waals surface area contributed by atoms with E-state index in [9.17, 15) is 18.4 Å². The van der Waals surface area contributed by atoms with Crippen molar-refractivity contribution in [2.45, 2.75) is 18.2 Å². The minimum atomic E-state index is -0.794. The lowest BCUT2D eigenvalue weighted by Gasteiger charge is -2.23. The van der Waals surface area contributed by atoms with Gasteiger partial charge in [0.15, 0.2) is 11.6 Å². The van der Waals surface area contributed by atoms with Gasteiger partial charge in [0.25, 0.3) is 0 Å². The zero-order chi connectivity index (χ0) is 18.6. The largest absolute Gasteiger partial charge is 0.443 e. The number of ether oxygens (including phenoxy) is 2. The van der Waals surface area contributed by atoms with Crippen molar-refractivity contribution in [2.75, 3.05) is 43.0 Å². The van der Waals surface area contributed by atoms with E-state index in [2.05, 4.69) is 0 Å². The van der Waals surface area contributed by atoms with E-state index in [1.807, 2.05) is 0 Å². The lowest BCUT2D eigenvalue weighted by atomic mass is 10.2. The van der Waals surface area contributed by atoms with Gasteiger partial charge in [-0.2, -0.15) is 0 Å². The Labute approximate surface area is 148 Å². The third kappa shape index (κ3) is 2.52. The van der Waals surface area contributed by atoms with Crippen molar-refractivity contribution in [1.29, 1.82) is 0 Å². The first-order valence-electron chi connectivity index (χ1n) is 8.24. The van der Waals surface area contributed by atoms with Crippen molar-refractivity contribution < 1.29 is 27.8 Å². The van der Waals surface area contributed by atoms with Crippen molar-refractivity contribution in [1.82, 2.24) is 4.90 Å². The number of amides is 2. The Bertz CT molecular complexity index is 754. The first kappa shape index (κ1) is 16.8. The number of carbonyl (C=O) groups excluding carboxylic acids is 2. The molecule has 3 heterocycles. The SMILES string of the molecule is CN1C(=O)OC2CN(c3c(F)cc(N4CC(CN)OC4=O)cc3F)CC21. The third-order valence-corrected chi connectivity index (χ3v) is 5.04. The maximum absolute atomic E-state index is 14.7. The quantitative estimate of drug-likeness (QED) is 0.853. The van der Waals surface area contributed by atoms with Crippen LogP contribution in [0.2, 0.25) is 0 Å². The third-order valence-electron chi connectivity index (χ3n) is 5.04. The maximum Gasteiger partial charge on any atom is 0.414 e. The molecule has 0 aliphatic carbocycles. The van der Waals surface area contributed by atoms with Gasteiger partial charge < -0.3 is 25.0 Å². The molecule has 8 nitrogen and oxygen atoms in total. The fourth-order valence-electron chi connectivity index (χ4n) is 3.64. The van der Waals surface area contributed by atoms with E-state index in [0.29, 0.717) is 0 Å². The highest BCUT2D eigenvalue weighted by Gasteiger charge is 2.47. The maximum atomic E-state index is 14.7. The topological polar surface area (TPSA) is 88.3 Å². The zero-order valence-corrected chi connectivity index (χ0v) is 14.0. The first-order valence-corrected chi connectivity index (χ1v) is 8.24. The fraction of sp³-hybridized carbons (Fsp3) is 0.500. The van der Waals surface area contributed by atoms with Gasteiger partial charge in [-0.05, 0) is 0 Å². The van der Waals surface area contributed by atoms with E-state index < -0.39 is 36.0 Å². The van der Waals surface area contributed by atoms with Crippen LogP contribution in [0.4, 0.5) is 29.7 Å². The Morgan fingerprint density at radius 3 is 2.38 bits per heavy atom. The fourth-order valence-corrected chi connectivity index (χ4v) is 3.64. The summed E-state index contributed by atoms with van der Waals surface area (Å²) in [5.74, 6) is -1.59. The number of halogens is 2. The zero-order valence-electron chi connectivity index (χ0n) is 14.0. The molecule has 26 heavy (non-hydrogen) atoms. The second-order valence-corrected chi connectivity index (χ2v) is 6.62. The normalized spacial score (nSPS) is 27.8. The molecule has 3 fully saturated rings. The number of benzene rings is 1. The molecule has 3 atom stereocenters. The summed E-state index contributed by atoms with van der Waals surface area (Å²) in [6.45, 7) is 0.742.